The molecule has 1 heterocycles. The molecule has 1 atom stereocenters. The van der Waals surface area contributed by atoms with Crippen LogP contribution in [0.25, 0.3) is 11.1 Å². The van der Waals surface area contributed by atoms with Crippen molar-refractivity contribution < 1.29 is 14.9 Å². The topological polar surface area (TPSA) is 76.7 Å². The summed E-state index contributed by atoms with van der Waals surface area (Å²) in [6, 6.07) is 5.98. The quantitative estimate of drug-likeness (QED) is 0.837. The first-order valence-corrected chi connectivity index (χ1v) is 8.36. The summed E-state index contributed by atoms with van der Waals surface area (Å²) in [6.45, 7) is 2.67. The molecule has 0 saturated heterocycles. The highest BCUT2D eigenvalue weighted by atomic mass is 16.5. The molecule has 128 valence electrons. The van der Waals surface area contributed by atoms with E-state index >= 15 is 0 Å². The van der Waals surface area contributed by atoms with Crippen molar-refractivity contribution in [1.82, 2.24) is 4.90 Å². The van der Waals surface area contributed by atoms with Crippen LogP contribution in [-0.4, -0.2) is 35.8 Å². The van der Waals surface area contributed by atoms with Gasteiger partial charge in [0.2, 0.25) is 0 Å². The molecule has 1 unspecified atom stereocenters. The third-order valence-electron chi connectivity index (χ3n) is 5.57. The average molecular weight is 336 g/mol. The van der Waals surface area contributed by atoms with Gasteiger partial charge >= 0.3 is 0 Å². The van der Waals surface area contributed by atoms with E-state index in [1.54, 1.807) is 20.1 Å². The number of methoxy groups -OCH3 is 1. The van der Waals surface area contributed by atoms with Crippen LogP contribution in [0.15, 0.2) is 12.1 Å². The lowest BCUT2D eigenvalue weighted by Gasteiger charge is -2.40. The smallest absolute Gasteiger partial charge is 0.168 e. The Labute approximate surface area is 146 Å². The number of likely N-dealkylation sites (N-methyl/N-ethyl adjacent to an activating group) is 1. The molecule has 5 heteroatoms. The molecule has 0 saturated carbocycles. The van der Waals surface area contributed by atoms with Gasteiger partial charge in [0.05, 0.1) is 12.7 Å². The van der Waals surface area contributed by atoms with E-state index in [0.29, 0.717) is 23.3 Å². The number of ether oxygens (including phenoxy) is 1. The first-order chi connectivity index (χ1) is 12.0. The Morgan fingerprint density at radius 3 is 2.76 bits per heavy atom. The number of benzene rings is 2. The molecule has 0 bridgehead atoms. The molecule has 2 N–H and O–H groups in total. The van der Waals surface area contributed by atoms with Crippen LogP contribution in [-0.2, 0) is 12.8 Å². The fraction of sp³-hybridized carbons (Fsp3) is 0.350. The first-order valence-electron chi connectivity index (χ1n) is 8.36. The Morgan fingerprint density at radius 2 is 2.08 bits per heavy atom. The zero-order chi connectivity index (χ0) is 17.9. The van der Waals surface area contributed by atoms with Crippen molar-refractivity contribution in [2.75, 3.05) is 20.7 Å². The lowest BCUT2D eigenvalue weighted by molar-refractivity contribution is 0.226. The number of nitrogens with zero attached hydrogens (tertiary/aromatic N) is 2. The van der Waals surface area contributed by atoms with Gasteiger partial charge < -0.3 is 14.9 Å². The second-order valence-electron chi connectivity index (χ2n) is 6.88. The van der Waals surface area contributed by atoms with E-state index in [9.17, 15) is 15.5 Å². The number of fused-ring (bicyclic) bond motifs is 2. The molecule has 0 fully saturated rings. The van der Waals surface area contributed by atoms with Gasteiger partial charge in [0, 0.05) is 18.2 Å². The summed E-state index contributed by atoms with van der Waals surface area (Å²) in [5.74, 6) is 0.605. The van der Waals surface area contributed by atoms with Gasteiger partial charge in [-0.05, 0) is 66.8 Å². The van der Waals surface area contributed by atoms with Gasteiger partial charge in [-0.1, -0.05) is 0 Å². The molecular weight excluding hydrogens is 316 g/mol. The van der Waals surface area contributed by atoms with Crippen molar-refractivity contribution in [2.24, 2.45) is 0 Å². The van der Waals surface area contributed by atoms with E-state index in [-0.39, 0.29) is 17.5 Å². The number of rotatable bonds is 1. The van der Waals surface area contributed by atoms with Gasteiger partial charge in [0.25, 0.3) is 0 Å². The highest BCUT2D eigenvalue weighted by Crippen LogP contribution is 2.53. The van der Waals surface area contributed by atoms with Crippen molar-refractivity contribution in [2.45, 2.75) is 25.8 Å². The van der Waals surface area contributed by atoms with E-state index in [1.165, 1.54) is 5.56 Å². The highest BCUT2D eigenvalue weighted by Gasteiger charge is 2.37. The molecule has 0 spiro atoms. The van der Waals surface area contributed by atoms with E-state index in [2.05, 4.69) is 18.0 Å². The molecular formula is C20H20N2O3. The lowest BCUT2D eigenvalue weighted by atomic mass is 9.74. The second kappa shape index (κ2) is 5.40. The van der Waals surface area contributed by atoms with Crippen molar-refractivity contribution in [3.05, 3.63) is 39.9 Å². The third-order valence-corrected chi connectivity index (χ3v) is 5.57. The minimum Gasteiger partial charge on any atom is -0.506 e. The number of hydrogen-bond donors (Lipinski definition) is 2. The summed E-state index contributed by atoms with van der Waals surface area (Å²) >= 11 is 0. The van der Waals surface area contributed by atoms with Gasteiger partial charge in [-0.2, -0.15) is 5.26 Å². The van der Waals surface area contributed by atoms with Crippen LogP contribution in [0, 0.1) is 18.3 Å². The largest absolute Gasteiger partial charge is 0.506 e. The standard InChI is InChI=1S/C20H20N2O3/c1-10-6-13-12(14(9-21)19(10)24)8-15-17-11(4-5-22(15)2)7-16(23)20(25-3)18(13)17/h6-7,15,23-24H,4-5,8H2,1-3H3. The van der Waals surface area contributed by atoms with Crippen LogP contribution in [0.2, 0.25) is 0 Å². The summed E-state index contributed by atoms with van der Waals surface area (Å²) in [7, 11) is 3.62. The molecule has 5 nitrogen and oxygen atoms in total. The summed E-state index contributed by atoms with van der Waals surface area (Å²) in [6.07, 6.45) is 1.53. The van der Waals surface area contributed by atoms with Crippen molar-refractivity contribution in [1.29, 1.82) is 5.26 Å². The summed E-state index contributed by atoms with van der Waals surface area (Å²) in [5, 5.41) is 30.5. The van der Waals surface area contributed by atoms with Gasteiger partial charge in [-0.3, -0.25) is 4.90 Å². The maximum atomic E-state index is 10.5. The SMILES string of the molecule is COc1c(O)cc2c3c1-c1cc(C)c(O)c(C#N)c1CC3N(C)CC2. The maximum absolute atomic E-state index is 10.5. The van der Waals surface area contributed by atoms with Crippen LogP contribution >= 0.6 is 0 Å². The molecule has 2 aromatic rings. The molecule has 25 heavy (non-hydrogen) atoms. The number of hydrogen-bond acceptors (Lipinski definition) is 5. The van der Waals surface area contributed by atoms with E-state index in [1.807, 2.05) is 6.07 Å². The Kier molecular flexibility index (Phi) is 3.41. The van der Waals surface area contributed by atoms with Crippen LogP contribution < -0.4 is 4.74 Å². The van der Waals surface area contributed by atoms with Crippen molar-refractivity contribution in [3.8, 4) is 34.4 Å². The minimum absolute atomic E-state index is 0.0440. The average Bonchev–Trinajstić information content (AvgIpc) is 2.59. The Morgan fingerprint density at radius 1 is 1.32 bits per heavy atom. The van der Waals surface area contributed by atoms with Crippen LogP contribution in [0.1, 0.15) is 33.9 Å². The number of phenols is 2. The molecule has 1 aliphatic carbocycles. The summed E-state index contributed by atoms with van der Waals surface area (Å²) in [5.41, 5.74) is 5.84. The monoisotopic (exact) mass is 336 g/mol. The third kappa shape index (κ3) is 2.04. The molecule has 2 aliphatic rings. The zero-order valence-corrected chi connectivity index (χ0v) is 14.6. The molecule has 0 radical (unpaired) electrons. The number of nitriles is 1. The Bertz CT molecular complexity index is 943. The van der Waals surface area contributed by atoms with Gasteiger partial charge in [-0.25, -0.2) is 0 Å². The first kappa shape index (κ1) is 15.8. The van der Waals surface area contributed by atoms with E-state index in [0.717, 1.165) is 35.2 Å². The fourth-order valence-corrected chi connectivity index (χ4v) is 4.31. The van der Waals surface area contributed by atoms with Gasteiger partial charge in [0.1, 0.15) is 11.8 Å². The minimum atomic E-state index is 0.0440. The Balaban J connectivity index is 2.15. The molecule has 1 aliphatic heterocycles. The second-order valence-corrected chi connectivity index (χ2v) is 6.88. The summed E-state index contributed by atoms with van der Waals surface area (Å²) < 4.78 is 5.54. The van der Waals surface area contributed by atoms with Crippen LogP contribution in [0.4, 0.5) is 0 Å². The highest BCUT2D eigenvalue weighted by molar-refractivity contribution is 5.86. The van der Waals surface area contributed by atoms with Gasteiger partial charge in [0.15, 0.2) is 11.5 Å². The predicted octanol–water partition coefficient (Wildman–Crippen LogP) is 3.04. The molecule has 0 aromatic heterocycles. The summed E-state index contributed by atoms with van der Waals surface area (Å²) in [4.78, 5) is 2.27. The van der Waals surface area contributed by atoms with Crippen molar-refractivity contribution >= 4 is 0 Å². The normalized spacial score (nSPS) is 18.2. The van der Waals surface area contributed by atoms with E-state index in [4.69, 9.17) is 4.74 Å². The zero-order valence-electron chi connectivity index (χ0n) is 14.6. The predicted molar refractivity (Wildman–Crippen MR) is 94.0 cm³/mol. The molecule has 4 rings (SSSR count). The fourth-order valence-electron chi connectivity index (χ4n) is 4.31. The number of phenolic OH excluding ortho intramolecular Hbond substituents is 2. The molecule has 0 amide bonds. The Hall–Kier alpha value is -2.71. The number of aryl methyl sites for hydroxylation is 1. The van der Waals surface area contributed by atoms with Crippen LogP contribution in [0.3, 0.4) is 0 Å². The van der Waals surface area contributed by atoms with Crippen molar-refractivity contribution in [3.63, 3.8) is 0 Å². The van der Waals surface area contributed by atoms with Gasteiger partial charge in [-0.15, -0.1) is 0 Å². The molecule has 2 aromatic carbocycles. The number of aromatic hydroxyl groups is 2. The lowest BCUT2D eigenvalue weighted by Crippen LogP contribution is -2.36. The van der Waals surface area contributed by atoms with Crippen LogP contribution in [0.5, 0.6) is 17.2 Å². The van der Waals surface area contributed by atoms with E-state index < -0.39 is 0 Å². The maximum Gasteiger partial charge on any atom is 0.168 e.